The van der Waals surface area contributed by atoms with E-state index in [0.717, 1.165) is 29.5 Å². The van der Waals surface area contributed by atoms with Crippen LogP contribution in [0.1, 0.15) is 75.8 Å². The van der Waals surface area contributed by atoms with Crippen LogP contribution in [0, 0.1) is 0 Å². The van der Waals surface area contributed by atoms with Crippen molar-refractivity contribution < 1.29 is 19.1 Å². The van der Waals surface area contributed by atoms with Crippen molar-refractivity contribution in [3.05, 3.63) is 82.4 Å². The Balaban J connectivity index is 2.19. The molecule has 0 aromatic heterocycles. The fourth-order valence-electron chi connectivity index (χ4n) is 4.64. The van der Waals surface area contributed by atoms with Crippen LogP contribution in [0.5, 0.6) is 0 Å². The summed E-state index contributed by atoms with van der Waals surface area (Å²) in [4.78, 5) is 28.8. The number of halogens is 1. The van der Waals surface area contributed by atoms with Gasteiger partial charge >= 0.3 is 5.97 Å². The third-order valence-corrected chi connectivity index (χ3v) is 6.60. The maximum absolute atomic E-state index is 13.9. The Kier molecular flexibility index (Phi) is 9.53. The summed E-state index contributed by atoms with van der Waals surface area (Å²) in [7, 11) is 0. The van der Waals surface area contributed by atoms with E-state index in [1.807, 2.05) is 26.0 Å². The largest absolute Gasteiger partial charge is 0.464 e. The number of benzene rings is 2. The first kappa shape index (κ1) is 27.0. The Morgan fingerprint density at radius 1 is 1.09 bits per heavy atom. The second-order valence-corrected chi connectivity index (χ2v) is 9.54. The highest BCUT2D eigenvalue weighted by atomic mass is 35.5. The lowest BCUT2D eigenvalue weighted by Gasteiger charge is -2.47. The molecule has 0 saturated carbocycles. The van der Waals surface area contributed by atoms with Gasteiger partial charge in [-0.2, -0.15) is 0 Å². The predicted octanol–water partition coefficient (Wildman–Crippen LogP) is 6.61. The molecule has 188 valence electrons. The molecular formula is C29H36ClNO4. The Hall–Kier alpha value is -2.63. The van der Waals surface area contributed by atoms with Crippen LogP contribution in [-0.2, 0) is 25.5 Å². The molecule has 4 unspecified atom stereocenters. The number of hydrogen-bond acceptors (Lipinski definition) is 4. The second kappa shape index (κ2) is 12.4. The molecule has 1 amide bonds. The molecule has 2 aromatic carbocycles. The number of hydrogen-bond donors (Lipinski definition) is 0. The highest BCUT2D eigenvalue weighted by Crippen LogP contribution is 2.45. The fraction of sp³-hybridized carbons (Fsp3) is 0.448. The van der Waals surface area contributed by atoms with Gasteiger partial charge in [0.2, 0.25) is 0 Å². The van der Waals surface area contributed by atoms with E-state index in [0.29, 0.717) is 17.9 Å². The monoisotopic (exact) mass is 497 g/mol. The van der Waals surface area contributed by atoms with Gasteiger partial charge in [0.25, 0.3) is 5.91 Å². The number of carbonyl (C=O) groups is 2. The molecule has 6 heteroatoms. The molecule has 0 radical (unpaired) electrons. The van der Waals surface area contributed by atoms with Crippen LogP contribution in [0.2, 0.25) is 5.02 Å². The number of carbonyl (C=O) groups excluding carboxylic acids is 2. The molecule has 1 aliphatic heterocycles. The van der Waals surface area contributed by atoms with Gasteiger partial charge in [-0.1, -0.05) is 73.8 Å². The summed E-state index contributed by atoms with van der Waals surface area (Å²) in [6.45, 7) is 12.0. The van der Waals surface area contributed by atoms with Crippen molar-refractivity contribution in [1.82, 2.24) is 4.90 Å². The number of rotatable bonds is 10. The van der Waals surface area contributed by atoms with Gasteiger partial charge in [-0.15, -0.1) is 6.58 Å². The van der Waals surface area contributed by atoms with Gasteiger partial charge in [0, 0.05) is 11.4 Å². The molecule has 1 heterocycles. The van der Waals surface area contributed by atoms with E-state index in [-0.39, 0.29) is 12.5 Å². The Morgan fingerprint density at radius 2 is 1.71 bits per heavy atom. The highest BCUT2D eigenvalue weighted by Gasteiger charge is 2.48. The van der Waals surface area contributed by atoms with Gasteiger partial charge in [-0.25, -0.2) is 4.79 Å². The third-order valence-electron chi connectivity index (χ3n) is 6.35. The van der Waals surface area contributed by atoms with Crippen LogP contribution in [0.25, 0.3) is 0 Å². The van der Waals surface area contributed by atoms with Crippen LogP contribution < -0.4 is 0 Å². The van der Waals surface area contributed by atoms with E-state index in [2.05, 4.69) is 37.8 Å². The molecule has 35 heavy (non-hydrogen) atoms. The molecule has 2 aromatic rings. The van der Waals surface area contributed by atoms with E-state index >= 15 is 0 Å². The number of esters is 1. The fourth-order valence-corrected chi connectivity index (χ4v) is 4.77. The zero-order chi connectivity index (χ0) is 25.5. The quantitative estimate of drug-likeness (QED) is 0.274. The van der Waals surface area contributed by atoms with Crippen LogP contribution >= 0.6 is 11.6 Å². The molecule has 1 fully saturated rings. The number of morpholine rings is 1. The first-order valence-corrected chi connectivity index (χ1v) is 12.8. The van der Waals surface area contributed by atoms with Crippen molar-refractivity contribution >= 4 is 23.5 Å². The lowest BCUT2D eigenvalue weighted by atomic mass is 9.88. The molecule has 0 bridgehead atoms. The topological polar surface area (TPSA) is 55.8 Å². The summed E-state index contributed by atoms with van der Waals surface area (Å²) >= 11 is 6.19. The summed E-state index contributed by atoms with van der Waals surface area (Å²) in [6, 6.07) is 14.4. The average molecular weight is 498 g/mol. The molecular weight excluding hydrogens is 462 g/mol. The average Bonchev–Trinajstić information content (AvgIpc) is 2.84. The molecule has 0 spiro atoms. The van der Waals surface area contributed by atoms with Crippen LogP contribution in [-0.4, -0.2) is 35.5 Å². The van der Waals surface area contributed by atoms with Crippen molar-refractivity contribution in [2.45, 2.75) is 77.7 Å². The standard InChI is InChI=1S/C29H36ClNO4/c1-6-9-24(29(33)34-8-3)31-26(21-14-16-23(30)17-15-21)27(22-12-10-20(7-2)11-13-22)35-25(28(31)32)18-19(4)5/h10-17,24-27H,4,6-9,18H2,1-3,5H3. The molecule has 5 nitrogen and oxygen atoms in total. The van der Waals surface area contributed by atoms with Crippen LogP contribution in [0.15, 0.2) is 60.7 Å². The number of ether oxygens (including phenoxy) is 2. The molecule has 1 aliphatic rings. The number of nitrogens with zero attached hydrogens (tertiary/aromatic N) is 1. The minimum Gasteiger partial charge on any atom is -0.464 e. The molecule has 4 atom stereocenters. The maximum Gasteiger partial charge on any atom is 0.328 e. The van der Waals surface area contributed by atoms with Crippen molar-refractivity contribution in [2.75, 3.05) is 6.61 Å². The summed E-state index contributed by atoms with van der Waals surface area (Å²) in [5, 5.41) is 0.600. The number of aryl methyl sites for hydroxylation is 1. The lowest BCUT2D eigenvalue weighted by molar-refractivity contribution is -0.186. The van der Waals surface area contributed by atoms with Crippen molar-refractivity contribution in [3.8, 4) is 0 Å². The normalized spacial score (nSPS) is 21.0. The minimum absolute atomic E-state index is 0.221. The third kappa shape index (κ3) is 6.33. The van der Waals surface area contributed by atoms with Gasteiger partial charge in [0.15, 0.2) is 0 Å². The predicted molar refractivity (Wildman–Crippen MR) is 139 cm³/mol. The summed E-state index contributed by atoms with van der Waals surface area (Å²) in [5.41, 5.74) is 3.86. The zero-order valence-corrected chi connectivity index (χ0v) is 21.9. The first-order chi connectivity index (χ1) is 16.8. The van der Waals surface area contributed by atoms with E-state index in [9.17, 15) is 9.59 Å². The van der Waals surface area contributed by atoms with Gasteiger partial charge in [-0.3, -0.25) is 4.79 Å². The summed E-state index contributed by atoms with van der Waals surface area (Å²) in [5.74, 6) is -0.612. The molecule has 0 aliphatic carbocycles. The summed E-state index contributed by atoms with van der Waals surface area (Å²) < 4.78 is 12.0. The van der Waals surface area contributed by atoms with Crippen LogP contribution in [0.4, 0.5) is 0 Å². The molecule has 1 saturated heterocycles. The lowest BCUT2D eigenvalue weighted by Crippen LogP contribution is -2.57. The van der Waals surface area contributed by atoms with E-state index in [1.165, 1.54) is 5.56 Å². The van der Waals surface area contributed by atoms with Gasteiger partial charge in [-0.05, 0) is 55.5 Å². The Bertz CT molecular complexity index is 1020. The van der Waals surface area contributed by atoms with E-state index in [4.69, 9.17) is 21.1 Å². The van der Waals surface area contributed by atoms with Gasteiger partial charge in [0.1, 0.15) is 18.2 Å². The zero-order valence-electron chi connectivity index (χ0n) is 21.1. The Morgan fingerprint density at radius 3 is 2.26 bits per heavy atom. The maximum atomic E-state index is 13.9. The van der Waals surface area contributed by atoms with Gasteiger partial charge in [0.05, 0.1) is 12.6 Å². The number of amides is 1. The highest BCUT2D eigenvalue weighted by molar-refractivity contribution is 6.30. The minimum atomic E-state index is -0.735. The van der Waals surface area contributed by atoms with E-state index in [1.54, 1.807) is 24.0 Å². The van der Waals surface area contributed by atoms with Crippen molar-refractivity contribution in [1.29, 1.82) is 0 Å². The smallest absolute Gasteiger partial charge is 0.328 e. The SMILES string of the molecule is C=C(C)CC1OC(c2ccc(CC)cc2)C(c2ccc(Cl)cc2)N(C(CCC)C(=O)OCC)C1=O. The second-order valence-electron chi connectivity index (χ2n) is 9.10. The molecule has 3 rings (SSSR count). The van der Waals surface area contributed by atoms with Crippen LogP contribution in [0.3, 0.4) is 0 Å². The van der Waals surface area contributed by atoms with Gasteiger partial charge < -0.3 is 14.4 Å². The van der Waals surface area contributed by atoms with E-state index < -0.39 is 30.3 Å². The van der Waals surface area contributed by atoms with Crippen molar-refractivity contribution in [2.24, 2.45) is 0 Å². The Labute approximate surface area is 214 Å². The van der Waals surface area contributed by atoms with Crippen molar-refractivity contribution in [3.63, 3.8) is 0 Å². The molecule has 0 N–H and O–H groups in total. The summed E-state index contributed by atoms with van der Waals surface area (Å²) in [6.07, 6.45) is 1.32. The first-order valence-electron chi connectivity index (χ1n) is 12.4.